The topological polar surface area (TPSA) is 67.7 Å². The number of nitrogens with one attached hydrogen (secondary N) is 1. The number of aromatic nitrogens is 1. The molecule has 1 atom stereocenters. The predicted molar refractivity (Wildman–Crippen MR) is 134 cm³/mol. The maximum atomic E-state index is 13.7. The number of rotatable bonds is 6. The van der Waals surface area contributed by atoms with E-state index in [1.165, 1.54) is 0 Å². The van der Waals surface area contributed by atoms with Crippen LogP contribution in [0.5, 0.6) is 11.5 Å². The molecule has 0 aliphatic carbocycles. The van der Waals surface area contributed by atoms with Gasteiger partial charge in [-0.05, 0) is 48.0 Å². The summed E-state index contributed by atoms with van der Waals surface area (Å²) in [6.07, 6.45) is 1.64. The molecule has 0 saturated carbocycles. The zero-order valence-corrected chi connectivity index (χ0v) is 19.4. The molecule has 1 aliphatic heterocycles. The fourth-order valence-electron chi connectivity index (χ4n) is 5.08. The molecule has 6 nitrogen and oxygen atoms in total. The summed E-state index contributed by atoms with van der Waals surface area (Å²) in [4.78, 5) is 19.2. The lowest BCUT2D eigenvalue weighted by Gasteiger charge is -2.26. The zero-order valence-electron chi connectivity index (χ0n) is 19.4. The quantitative estimate of drug-likeness (QED) is 0.325. The van der Waals surface area contributed by atoms with E-state index in [9.17, 15) is 4.79 Å². The van der Waals surface area contributed by atoms with E-state index in [2.05, 4.69) is 17.1 Å². The predicted octanol–water partition coefficient (Wildman–Crippen LogP) is 6.19. The first kappa shape index (κ1) is 21.1. The van der Waals surface area contributed by atoms with Crippen LogP contribution in [0, 0.1) is 0 Å². The molecule has 1 amide bonds. The number of fused-ring (bicyclic) bond motifs is 2. The normalized spacial score (nSPS) is 15.0. The van der Waals surface area contributed by atoms with Gasteiger partial charge < -0.3 is 23.8 Å². The highest BCUT2D eigenvalue weighted by molar-refractivity contribution is 6.02. The summed E-state index contributed by atoms with van der Waals surface area (Å²) in [5.74, 6) is 2.15. The molecule has 35 heavy (non-hydrogen) atoms. The van der Waals surface area contributed by atoms with Gasteiger partial charge in [0.1, 0.15) is 17.3 Å². The Balaban J connectivity index is 1.64. The van der Waals surface area contributed by atoms with Gasteiger partial charge in [-0.3, -0.25) is 4.79 Å². The van der Waals surface area contributed by atoms with Crippen LogP contribution in [0.15, 0.2) is 89.5 Å². The van der Waals surface area contributed by atoms with E-state index < -0.39 is 0 Å². The van der Waals surface area contributed by atoms with Gasteiger partial charge in [-0.2, -0.15) is 0 Å². The van der Waals surface area contributed by atoms with Gasteiger partial charge in [0.15, 0.2) is 0 Å². The highest BCUT2D eigenvalue weighted by atomic mass is 16.5. The van der Waals surface area contributed by atoms with Gasteiger partial charge in [-0.1, -0.05) is 36.4 Å². The Bertz CT molecular complexity index is 1530. The van der Waals surface area contributed by atoms with Crippen molar-refractivity contribution in [1.82, 2.24) is 9.88 Å². The summed E-state index contributed by atoms with van der Waals surface area (Å²) in [6, 6.07) is 25.2. The third kappa shape index (κ3) is 3.37. The molecule has 0 spiro atoms. The molecule has 6 rings (SSSR count). The van der Waals surface area contributed by atoms with E-state index >= 15 is 0 Å². The number of carbonyl (C=O) groups is 1. The minimum absolute atomic E-state index is 0.0177. The first-order chi connectivity index (χ1) is 17.2. The van der Waals surface area contributed by atoms with Crippen LogP contribution in [0.2, 0.25) is 0 Å². The number of furan rings is 1. The first-order valence-electron chi connectivity index (χ1n) is 11.4. The fraction of sp³-hybridized carbons (Fsp3) is 0.138. The Kier molecular flexibility index (Phi) is 5.07. The van der Waals surface area contributed by atoms with Gasteiger partial charge in [-0.25, -0.2) is 0 Å². The second-order valence-corrected chi connectivity index (χ2v) is 8.53. The van der Waals surface area contributed by atoms with Gasteiger partial charge in [0.05, 0.1) is 38.8 Å². The van der Waals surface area contributed by atoms with Gasteiger partial charge >= 0.3 is 0 Å². The second-order valence-electron chi connectivity index (χ2n) is 8.53. The lowest BCUT2D eigenvalue weighted by molar-refractivity contribution is 0.0724. The Morgan fingerprint density at radius 3 is 2.54 bits per heavy atom. The minimum Gasteiger partial charge on any atom is -0.497 e. The van der Waals surface area contributed by atoms with Crippen LogP contribution in [0.1, 0.15) is 33.3 Å². The van der Waals surface area contributed by atoms with Crippen molar-refractivity contribution in [2.45, 2.75) is 12.6 Å². The first-order valence-corrected chi connectivity index (χ1v) is 11.4. The number of aromatic amines is 1. The summed E-state index contributed by atoms with van der Waals surface area (Å²) in [7, 11) is 3.31. The average molecular weight is 465 g/mol. The van der Waals surface area contributed by atoms with Crippen LogP contribution < -0.4 is 9.47 Å². The summed E-state index contributed by atoms with van der Waals surface area (Å²) in [5, 5.41) is 1.05. The monoisotopic (exact) mass is 464 g/mol. The van der Waals surface area contributed by atoms with Crippen molar-refractivity contribution in [2.75, 3.05) is 14.2 Å². The highest BCUT2D eigenvalue weighted by Gasteiger charge is 2.40. The molecule has 1 N–H and O–H groups in total. The van der Waals surface area contributed by atoms with Crippen molar-refractivity contribution in [3.8, 4) is 22.8 Å². The molecule has 0 radical (unpaired) electrons. The number of amides is 1. The number of methoxy groups -OCH3 is 2. The molecule has 1 aliphatic rings. The lowest BCUT2D eigenvalue weighted by atomic mass is 9.92. The van der Waals surface area contributed by atoms with Crippen molar-refractivity contribution in [3.63, 3.8) is 0 Å². The average Bonchev–Trinajstić information content (AvgIpc) is 3.61. The number of ether oxygens (including phenoxy) is 2. The van der Waals surface area contributed by atoms with E-state index in [0.29, 0.717) is 17.9 Å². The van der Waals surface area contributed by atoms with Crippen LogP contribution in [0.4, 0.5) is 0 Å². The van der Waals surface area contributed by atoms with Gasteiger partial charge in [0, 0.05) is 27.6 Å². The molecule has 0 fully saturated rings. The number of para-hydroxylation sites is 1. The van der Waals surface area contributed by atoms with Gasteiger partial charge in [0.25, 0.3) is 5.91 Å². The van der Waals surface area contributed by atoms with Crippen molar-refractivity contribution in [2.24, 2.45) is 0 Å². The Morgan fingerprint density at radius 1 is 0.914 bits per heavy atom. The molecular weight excluding hydrogens is 440 g/mol. The van der Waals surface area contributed by atoms with Crippen molar-refractivity contribution >= 4 is 16.8 Å². The van der Waals surface area contributed by atoms with Crippen molar-refractivity contribution in [1.29, 1.82) is 0 Å². The Morgan fingerprint density at radius 2 is 1.74 bits per heavy atom. The molecule has 3 aromatic carbocycles. The molecule has 174 valence electrons. The maximum absolute atomic E-state index is 13.7. The molecule has 0 saturated heterocycles. The number of nitrogens with zero attached hydrogens (tertiary/aromatic N) is 1. The number of hydrogen-bond acceptors (Lipinski definition) is 4. The Hall–Kier alpha value is -4.45. The number of carbonyl (C=O) groups excluding carboxylic acids is 1. The molecule has 2 aromatic heterocycles. The van der Waals surface area contributed by atoms with Crippen LogP contribution in [0.3, 0.4) is 0 Å². The van der Waals surface area contributed by atoms with E-state index in [-0.39, 0.29) is 11.9 Å². The summed E-state index contributed by atoms with van der Waals surface area (Å²) in [6.45, 7) is 0.360. The van der Waals surface area contributed by atoms with Crippen molar-refractivity contribution in [3.05, 3.63) is 108 Å². The van der Waals surface area contributed by atoms with E-state index in [1.54, 1.807) is 20.5 Å². The van der Waals surface area contributed by atoms with E-state index in [1.807, 2.05) is 71.6 Å². The fourth-order valence-corrected chi connectivity index (χ4v) is 5.08. The third-order valence-electron chi connectivity index (χ3n) is 6.66. The molecular formula is C29H24N2O4. The molecule has 0 bridgehead atoms. The van der Waals surface area contributed by atoms with Crippen LogP contribution >= 0.6 is 0 Å². The Labute approximate surface area is 202 Å². The largest absolute Gasteiger partial charge is 0.497 e. The smallest absolute Gasteiger partial charge is 0.255 e. The van der Waals surface area contributed by atoms with Crippen LogP contribution in [-0.2, 0) is 6.54 Å². The molecule has 6 heteroatoms. The number of hydrogen-bond donors (Lipinski definition) is 1. The SMILES string of the molecule is COc1ccc(OC)c(-c2[nH]c3ccccc3c2[C@H]2c3ccccc3C(=O)N2Cc2ccco2)c1. The maximum Gasteiger partial charge on any atom is 0.255 e. The summed E-state index contributed by atoms with van der Waals surface area (Å²) < 4.78 is 16.9. The molecule has 0 unspecified atom stereocenters. The summed E-state index contributed by atoms with van der Waals surface area (Å²) >= 11 is 0. The lowest BCUT2D eigenvalue weighted by Crippen LogP contribution is -2.28. The van der Waals surface area contributed by atoms with Gasteiger partial charge in [0.2, 0.25) is 0 Å². The van der Waals surface area contributed by atoms with Gasteiger partial charge in [-0.15, -0.1) is 0 Å². The standard InChI is InChI=1S/C29H24N2O4/c1-33-18-13-14-25(34-2)23(16-18)27-26(22-11-5-6-12-24(22)30-27)28-20-9-3-4-10-21(20)29(32)31(28)17-19-8-7-15-35-19/h3-16,28,30H,17H2,1-2H3/t28-/m1/s1. The second kappa shape index (κ2) is 8.40. The zero-order chi connectivity index (χ0) is 23.9. The number of H-pyrrole nitrogens is 1. The van der Waals surface area contributed by atoms with E-state index in [0.717, 1.165) is 44.8 Å². The minimum atomic E-state index is -0.314. The van der Waals surface area contributed by atoms with Crippen LogP contribution in [-0.4, -0.2) is 30.0 Å². The molecule has 5 aromatic rings. The summed E-state index contributed by atoms with van der Waals surface area (Å²) in [5.41, 5.74) is 5.43. The van der Waals surface area contributed by atoms with E-state index in [4.69, 9.17) is 13.9 Å². The third-order valence-corrected chi connectivity index (χ3v) is 6.66. The van der Waals surface area contributed by atoms with Crippen LogP contribution in [0.25, 0.3) is 22.2 Å². The highest BCUT2D eigenvalue weighted by Crippen LogP contribution is 2.47. The number of benzene rings is 3. The molecule has 3 heterocycles. The van der Waals surface area contributed by atoms with Crippen molar-refractivity contribution < 1.29 is 18.7 Å².